The lowest BCUT2D eigenvalue weighted by Crippen LogP contribution is -2.51. The molecule has 2 aromatic heterocycles. The summed E-state index contributed by atoms with van der Waals surface area (Å²) in [6, 6.07) is 7.82. The average molecular weight is 540 g/mol. The van der Waals surface area contributed by atoms with Crippen LogP contribution in [0.2, 0.25) is 0 Å². The van der Waals surface area contributed by atoms with Gasteiger partial charge in [0.15, 0.2) is 11.6 Å². The molecule has 0 spiro atoms. The zero-order valence-corrected chi connectivity index (χ0v) is 22.2. The van der Waals surface area contributed by atoms with Crippen molar-refractivity contribution in [1.29, 1.82) is 0 Å². The topological polar surface area (TPSA) is 89.8 Å². The summed E-state index contributed by atoms with van der Waals surface area (Å²) in [5.41, 5.74) is 3.35. The van der Waals surface area contributed by atoms with E-state index in [0.717, 1.165) is 22.5 Å². The molecule has 4 heterocycles. The Labute approximate surface area is 221 Å². The van der Waals surface area contributed by atoms with Gasteiger partial charge in [0.25, 0.3) is 0 Å². The number of likely N-dealkylation sites (N-methyl/N-ethyl adjacent to an activating group) is 1. The maximum Gasteiger partial charge on any atom is 0.244 e. The Morgan fingerprint density at radius 2 is 2.00 bits per heavy atom. The first-order valence-corrected chi connectivity index (χ1v) is 14.2. The van der Waals surface area contributed by atoms with Gasteiger partial charge in [0.05, 0.1) is 30.7 Å². The number of benzene rings is 1. The third-order valence-corrected chi connectivity index (χ3v) is 9.47. The molecule has 1 atom stereocenters. The van der Waals surface area contributed by atoms with Gasteiger partial charge in [0, 0.05) is 44.4 Å². The molecule has 1 aromatic carbocycles. The molecule has 0 N–H and O–H groups in total. The Morgan fingerprint density at radius 3 is 2.79 bits per heavy atom. The van der Waals surface area contributed by atoms with Crippen molar-refractivity contribution in [3.05, 3.63) is 65.4 Å². The molecule has 6 rings (SSSR count). The lowest BCUT2D eigenvalue weighted by molar-refractivity contribution is 0.0477. The molecule has 200 valence electrons. The second-order valence-electron chi connectivity index (χ2n) is 10.1. The van der Waals surface area contributed by atoms with E-state index in [0.29, 0.717) is 63.9 Å². The van der Waals surface area contributed by atoms with Crippen LogP contribution < -0.4 is 9.64 Å². The zero-order valence-electron chi connectivity index (χ0n) is 21.4. The number of sulfonamides is 1. The molecule has 3 aromatic rings. The minimum absolute atomic E-state index is 0.131. The Bertz CT molecular complexity index is 1500. The van der Waals surface area contributed by atoms with Gasteiger partial charge in [-0.25, -0.2) is 22.5 Å². The van der Waals surface area contributed by atoms with E-state index in [9.17, 15) is 12.8 Å². The number of aromatic nitrogens is 3. The summed E-state index contributed by atoms with van der Waals surface area (Å²) in [6.45, 7) is 4.70. The van der Waals surface area contributed by atoms with Crippen LogP contribution in [0.5, 0.6) is 5.75 Å². The van der Waals surface area contributed by atoms with E-state index in [1.807, 2.05) is 29.7 Å². The van der Waals surface area contributed by atoms with Crippen LogP contribution in [0.4, 0.5) is 10.2 Å². The smallest absolute Gasteiger partial charge is 0.244 e. The fraction of sp³-hybridized carbons (Fsp3) is 0.407. The van der Waals surface area contributed by atoms with Crippen LogP contribution >= 0.6 is 0 Å². The average Bonchev–Trinajstić information content (AvgIpc) is 3.32. The van der Waals surface area contributed by atoms with Crippen molar-refractivity contribution < 1.29 is 22.3 Å². The molecule has 0 radical (unpaired) electrons. The summed E-state index contributed by atoms with van der Waals surface area (Å²) in [5.74, 6) is 0.826. The summed E-state index contributed by atoms with van der Waals surface area (Å²) in [4.78, 5) is 6.49. The summed E-state index contributed by atoms with van der Waals surface area (Å²) in [7, 11) is -1.90. The first kappa shape index (κ1) is 25.0. The highest BCUT2D eigenvalue weighted by molar-refractivity contribution is 7.89. The van der Waals surface area contributed by atoms with E-state index in [2.05, 4.69) is 16.2 Å². The monoisotopic (exact) mass is 539 g/mol. The molecule has 11 heteroatoms. The molecule has 1 saturated heterocycles. The Hall–Kier alpha value is -3.28. The summed E-state index contributed by atoms with van der Waals surface area (Å²) >= 11 is 0. The number of ether oxygens (including phenoxy) is 2. The number of piperidine rings is 1. The van der Waals surface area contributed by atoms with E-state index in [-0.39, 0.29) is 10.7 Å². The van der Waals surface area contributed by atoms with E-state index < -0.39 is 15.4 Å². The third kappa shape index (κ3) is 4.18. The van der Waals surface area contributed by atoms with Crippen LogP contribution in [0.25, 0.3) is 11.8 Å². The van der Waals surface area contributed by atoms with Crippen LogP contribution in [0.3, 0.4) is 0 Å². The van der Waals surface area contributed by atoms with Crippen molar-refractivity contribution in [3.8, 4) is 11.4 Å². The molecule has 1 fully saturated rings. The second-order valence-corrected chi connectivity index (χ2v) is 12.0. The molecule has 1 aliphatic carbocycles. The van der Waals surface area contributed by atoms with Crippen molar-refractivity contribution >= 4 is 21.9 Å². The van der Waals surface area contributed by atoms with Gasteiger partial charge in [-0.3, -0.25) is 0 Å². The van der Waals surface area contributed by atoms with Gasteiger partial charge in [0.1, 0.15) is 17.3 Å². The number of halogens is 1. The third-order valence-electron chi connectivity index (χ3n) is 7.66. The molecule has 1 unspecified atom stereocenters. The molecule has 2 aliphatic heterocycles. The summed E-state index contributed by atoms with van der Waals surface area (Å²) < 4.78 is 56.1. The fourth-order valence-corrected chi connectivity index (χ4v) is 7.10. The molecule has 0 bridgehead atoms. The van der Waals surface area contributed by atoms with Crippen molar-refractivity contribution in [2.45, 2.75) is 24.7 Å². The van der Waals surface area contributed by atoms with E-state index in [1.165, 1.54) is 18.3 Å². The number of nitrogens with zero attached hydrogens (tertiary/aromatic N) is 5. The molecule has 0 amide bonds. The van der Waals surface area contributed by atoms with Gasteiger partial charge in [-0.05, 0) is 55.7 Å². The highest BCUT2D eigenvalue weighted by Crippen LogP contribution is 2.46. The Morgan fingerprint density at radius 1 is 1.18 bits per heavy atom. The molecule has 38 heavy (non-hydrogen) atoms. The highest BCUT2D eigenvalue weighted by atomic mass is 32.2. The molecule has 3 aliphatic rings. The largest absolute Gasteiger partial charge is 0.488 e. The van der Waals surface area contributed by atoms with Gasteiger partial charge in [-0.15, -0.1) is 0 Å². The van der Waals surface area contributed by atoms with Crippen LogP contribution in [0.15, 0.2) is 53.2 Å². The van der Waals surface area contributed by atoms with E-state index in [4.69, 9.17) is 9.47 Å². The maximum atomic E-state index is 13.8. The minimum atomic E-state index is -3.81. The highest BCUT2D eigenvalue weighted by Gasteiger charge is 2.46. The molecule has 0 saturated carbocycles. The van der Waals surface area contributed by atoms with Gasteiger partial charge in [-0.1, -0.05) is 5.57 Å². The van der Waals surface area contributed by atoms with Crippen molar-refractivity contribution in [2.24, 2.45) is 5.41 Å². The predicted octanol–water partition coefficient (Wildman–Crippen LogP) is 3.29. The SMILES string of the molecule is CCOCC12Cc3cnn(-c4ccc(F)cc4)c3C=C1CCN(S(=O)(=O)c1cnc3c(c1)OCCN3C)C2. The summed E-state index contributed by atoms with van der Waals surface area (Å²) in [5, 5.41) is 4.58. The van der Waals surface area contributed by atoms with Crippen LogP contribution in [0, 0.1) is 11.2 Å². The van der Waals surface area contributed by atoms with Crippen molar-refractivity contribution in [3.63, 3.8) is 0 Å². The van der Waals surface area contributed by atoms with Gasteiger partial charge in [-0.2, -0.15) is 9.40 Å². The first-order valence-electron chi connectivity index (χ1n) is 12.8. The van der Waals surface area contributed by atoms with Gasteiger partial charge < -0.3 is 14.4 Å². The van der Waals surface area contributed by atoms with Crippen molar-refractivity contribution in [1.82, 2.24) is 19.1 Å². The predicted molar refractivity (Wildman–Crippen MR) is 141 cm³/mol. The normalized spacial score (nSPS) is 21.2. The molecular formula is C27H30FN5O4S. The number of anilines is 1. The number of pyridine rings is 1. The zero-order chi connectivity index (χ0) is 26.5. The number of hydrogen-bond donors (Lipinski definition) is 0. The lowest BCUT2D eigenvalue weighted by Gasteiger charge is -2.45. The maximum absolute atomic E-state index is 13.8. The van der Waals surface area contributed by atoms with E-state index in [1.54, 1.807) is 22.5 Å². The fourth-order valence-electron chi connectivity index (χ4n) is 5.62. The summed E-state index contributed by atoms with van der Waals surface area (Å²) in [6.07, 6.45) is 6.51. The van der Waals surface area contributed by atoms with Crippen molar-refractivity contribution in [2.75, 3.05) is 51.4 Å². The van der Waals surface area contributed by atoms with Gasteiger partial charge >= 0.3 is 0 Å². The number of rotatable bonds is 6. The number of hydrogen-bond acceptors (Lipinski definition) is 7. The van der Waals surface area contributed by atoms with Gasteiger partial charge in [0.2, 0.25) is 10.0 Å². The number of fused-ring (bicyclic) bond motifs is 3. The standard InChI is InChI=1S/C27H30FN5O4S/c1-3-36-18-27-14-19-15-30-33(22-6-4-21(28)5-7-22)24(19)12-20(27)8-9-32(17-27)38(34,35)23-13-25-26(29-16-23)31(2)10-11-37-25/h4-7,12-13,15-16H,3,8-11,14,17-18H2,1-2H3. The van der Waals surface area contributed by atoms with E-state index >= 15 is 0 Å². The minimum Gasteiger partial charge on any atom is -0.488 e. The Kier molecular flexibility index (Phi) is 6.24. The quantitative estimate of drug-likeness (QED) is 0.475. The second kappa shape index (κ2) is 9.48. The van der Waals surface area contributed by atoms with Crippen LogP contribution in [-0.4, -0.2) is 74.0 Å². The van der Waals surface area contributed by atoms with Crippen LogP contribution in [0.1, 0.15) is 24.6 Å². The molecular weight excluding hydrogens is 509 g/mol. The Balaban J connectivity index is 1.33. The lowest BCUT2D eigenvalue weighted by atomic mass is 9.69. The molecule has 9 nitrogen and oxygen atoms in total. The first-order chi connectivity index (χ1) is 18.3. The van der Waals surface area contributed by atoms with Crippen LogP contribution in [-0.2, 0) is 21.2 Å².